The first kappa shape index (κ1) is 38.2. The van der Waals surface area contributed by atoms with Gasteiger partial charge in [-0.25, -0.2) is 0 Å². The number of hydrogen-bond donors (Lipinski definition) is 3. The van der Waals surface area contributed by atoms with E-state index in [-0.39, 0.29) is 45.0 Å². The van der Waals surface area contributed by atoms with Crippen molar-refractivity contribution in [3.63, 3.8) is 0 Å². The predicted molar refractivity (Wildman–Crippen MR) is 215 cm³/mol. The molecular weight excluding hydrogens is 655 g/mol. The van der Waals surface area contributed by atoms with E-state index in [9.17, 15) is 14.7 Å². The summed E-state index contributed by atoms with van der Waals surface area (Å²) in [5, 5.41) is 17.6. The molecule has 5 fully saturated rings. The van der Waals surface area contributed by atoms with Crippen molar-refractivity contribution in [1.29, 1.82) is 0 Å². The van der Waals surface area contributed by atoms with E-state index in [0.717, 1.165) is 55.3 Å². The van der Waals surface area contributed by atoms with Crippen molar-refractivity contribution in [3.8, 4) is 0 Å². The third-order valence-corrected chi connectivity index (χ3v) is 17.0. The lowest BCUT2D eigenvalue weighted by Crippen LogP contribution is -2.67. The molecule has 0 radical (unpaired) electrons. The quantitative estimate of drug-likeness (QED) is 0.238. The van der Waals surface area contributed by atoms with Gasteiger partial charge in [0.25, 0.3) is 5.91 Å². The molecule has 288 valence electrons. The van der Waals surface area contributed by atoms with Gasteiger partial charge >= 0.3 is 0 Å². The number of hydrogen-bond acceptors (Lipinski definition) is 4. The van der Waals surface area contributed by atoms with Gasteiger partial charge in [0, 0.05) is 38.4 Å². The van der Waals surface area contributed by atoms with E-state index in [1.807, 2.05) is 50.5 Å². The van der Waals surface area contributed by atoms with Crippen molar-refractivity contribution >= 4 is 17.5 Å². The van der Waals surface area contributed by atoms with Gasteiger partial charge in [-0.15, -0.1) is 0 Å². The molecular formula is C47H67N3O3. The largest absolute Gasteiger partial charge is 0.393 e. The highest BCUT2D eigenvalue weighted by molar-refractivity contribution is 5.94. The van der Waals surface area contributed by atoms with Gasteiger partial charge in [0.2, 0.25) is 5.91 Å². The smallest absolute Gasteiger partial charge is 0.251 e. The lowest BCUT2D eigenvalue weighted by Gasteiger charge is -2.72. The number of carbonyl (C=O) groups excluding carboxylic acids is 2. The number of rotatable bonds is 8. The molecule has 7 rings (SSSR count). The molecule has 2 aromatic rings. The molecule has 0 saturated heterocycles. The summed E-state index contributed by atoms with van der Waals surface area (Å²) in [5.41, 5.74) is 5.15. The molecule has 6 heteroatoms. The van der Waals surface area contributed by atoms with Crippen molar-refractivity contribution in [2.24, 2.45) is 56.7 Å². The molecule has 0 spiro atoms. The number of carbonyl (C=O) groups is 2. The molecule has 53 heavy (non-hydrogen) atoms. The highest BCUT2D eigenvalue weighted by atomic mass is 16.3. The minimum Gasteiger partial charge on any atom is -0.393 e. The van der Waals surface area contributed by atoms with Crippen LogP contribution >= 0.6 is 0 Å². The molecule has 5 saturated carbocycles. The molecule has 2 amide bonds. The van der Waals surface area contributed by atoms with Crippen LogP contribution in [0.25, 0.3) is 0 Å². The molecule has 4 unspecified atom stereocenters. The van der Waals surface area contributed by atoms with Crippen LogP contribution in [0.3, 0.4) is 0 Å². The van der Waals surface area contributed by atoms with Crippen molar-refractivity contribution in [3.05, 3.63) is 77.4 Å². The normalized spacial score (nSPS) is 38.4. The third kappa shape index (κ3) is 5.99. The number of nitrogens with zero attached hydrogens (tertiary/aromatic N) is 1. The molecule has 3 N–H and O–H groups in total. The average Bonchev–Trinajstić information content (AvgIpc) is 3.53. The lowest BCUT2D eigenvalue weighted by atomic mass is 9.32. The van der Waals surface area contributed by atoms with Gasteiger partial charge in [-0.1, -0.05) is 71.0 Å². The number of aliphatic hydroxyl groups is 1. The van der Waals surface area contributed by atoms with E-state index in [1.165, 1.54) is 31.3 Å². The standard InChI is InChI=1S/C47H67N3O3/c1-30(2)35-19-24-47(42(53)49-29-32-11-10-12-33(27-32)41(52)48-28-31-13-15-34(16-14-31)50(8)9)26-25-45(6)36(40(35)47)17-18-38-44(5)22-21-39(51)43(3,4)37(44)20-23-46(38,45)7/h10-16,27,35-40,51H,1,17-26,28-29H2,2-9H3,(H,48,52)(H,49,53)/t35-,36?,37?,38?,39-,40?,44-,45+,46+,47-/m0/s1. The Morgan fingerprint density at radius 3 is 2.21 bits per heavy atom. The Morgan fingerprint density at radius 1 is 0.792 bits per heavy atom. The Bertz CT molecular complexity index is 1730. The number of amides is 2. The van der Waals surface area contributed by atoms with E-state index in [4.69, 9.17) is 0 Å². The number of nitrogens with one attached hydrogen (secondary N) is 2. The zero-order valence-electron chi connectivity index (χ0n) is 34.0. The number of allylic oxidation sites excluding steroid dienone is 1. The molecule has 5 aliphatic rings. The van der Waals surface area contributed by atoms with Gasteiger partial charge in [0.1, 0.15) is 0 Å². The fourth-order valence-electron chi connectivity index (χ4n) is 13.9. The first-order chi connectivity index (χ1) is 25.0. The predicted octanol–water partition coefficient (Wildman–Crippen LogP) is 9.32. The summed E-state index contributed by atoms with van der Waals surface area (Å²) in [7, 11) is 4.03. The molecule has 10 atom stereocenters. The third-order valence-electron chi connectivity index (χ3n) is 17.0. The second-order valence-corrected chi connectivity index (χ2v) is 19.8. The van der Waals surface area contributed by atoms with E-state index < -0.39 is 0 Å². The highest BCUT2D eigenvalue weighted by Gasteiger charge is 2.71. The van der Waals surface area contributed by atoms with Crippen LogP contribution in [-0.2, 0) is 17.9 Å². The summed E-state index contributed by atoms with van der Waals surface area (Å²) >= 11 is 0. The van der Waals surface area contributed by atoms with Crippen LogP contribution in [0, 0.1) is 56.7 Å². The minimum absolute atomic E-state index is 0.0511. The van der Waals surface area contributed by atoms with E-state index in [1.54, 1.807) is 0 Å². The topological polar surface area (TPSA) is 81.7 Å². The van der Waals surface area contributed by atoms with Crippen LogP contribution in [-0.4, -0.2) is 37.1 Å². The highest BCUT2D eigenvalue weighted by Crippen LogP contribution is 2.77. The maximum Gasteiger partial charge on any atom is 0.251 e. The summed E-state index contributed by atoms with van der Waals surface area (Å²) < 4.78 is 0. The van der Waals surface area contributed by atoms with E-state index >= 15 is 0 Å². The summed E-state index contributed by atoms with van der Waals surface area (Å²) in [6, 6.07) is 15.9. The van der Waals surface area contributed by atoms with Crippen molar-refractivity contribution < 1.29 is 14.7 Å². The van der Waals surface area contributed by atoms with Crippen molar-refractivity contribution in [2.75, 3.05) is 19.0 Å². The SMILES string of the molecule is C=C(C)[C@@H]1CC[C@]2(C(=O)NCc3cccc(C(=O)NCc4ccc(N(C)C)cc4)c3)CC[C@]3(C)C(CCC4[C@@]5(C)CC[C@H](O)C(C)(C)C5CC[C@]43C)C12. The Labute approximate surface area is 320 Å². The number of anilines is 1. The van der Waals surface area contributed by atoms with Crippen LogP contribution < -0.4 is 15.5 Å². The number of aliphatic hydroxyl groups excluding tert-OH is 1. The van der Waals surface area contributed by atoms with Crippen LogP contribution in [0.15, 0.2) is 60.7 Å². The molecule has 6 nitrogen and oxygen atoms in total. The number of benzene rings is 2. The molecule has 0 heterocycles. The second kappa shape index (κ2) is 13.6. The molecule has 5 aliphatic carbocycles. The van der Waals surface area contributed by atoms with Crippen LogP contribution in [0.5, 0.6) is 0 Å². The molecule has 0 aliphatic heterocycles. The van der Waals surface area contributed by atoms with Gasteiger partial charge in [-0.3, -0.25) is 9.59 Å². The summed E-state index contributed by atoms with van der Waals surface area (Å²) in [6.45, 7) is 20.1. The zero-order chi connectivity index (χ0) is 38.1. The minimum atomic E-state index is -0.383. The van der Waals surface area contributed by atoms with Gasteiger partial charge in [0.05, 0.1) is 11.5 Å². The lowest BCUT2D eigenvalue weighted by molar-refractivity contribution is -0.246. The summed E-state index contributed by atoms with van der Waals surface area (Å²) in [4.78, 5) is 30.0. The first-order valence-electron chi connectivity index (χ1n) is 20.7. The Morgan fingerprint density at radius 2 is 1.51 bits per heavy atom. The fourth-order valence-corrected chi connectivity index (χ4v) is 13.9. The van der Waals surface area contributed by atoms with Crippen LogP contribution in [0.2, 0.25) is 0 Å². The van der Waals surface area contributed by atoms with E-state index in [0.29, 0.717) is 48.2 Å². The molecule has 0 bridgehead atoms. The zero-order valence-corrected chi connectivity index (χ0v) is 34.0. The maximum absolute atomic E-state index is 14.7. The van der Waals surface area contributed by atoms with E-state index in [2.05, 4.69) is 75.8 Å². The summed E-state index contributed by atoms with van der Waals surface area (Å²) in [5.74, 6) is 2.44. The average molecular weight is 722 g/mol. The van der Waals surface area contributed by atoms with Crippen molar-refractivity contribution in [1.82, 2.24) is 10.6 Å². The fraction of sp³-hybridized carbons (Fsp3) is 0.660. The molecule has 0 aromatic heterocycles. The van der Waals surface area contributed by atoms with Gasteiger partial charge in [0.15, 0.2) is 0 Å². The monoisotopic (exact) mass is 722 g/mol. The Balaban J connectivity index is 1.07. The summed E-state index contributed by atoms with van der Waals surface area (Å²) in [6.07, 6.45) is 10.6. The van der Waals surface area contributed by atoms with Crippen LogP contribution in [0.4, 0.5) is 5.69 Å². The van der Waals surface area contributed by atoms with Gasteiger partial charge < -0.3 is 20.6 Å². The molecule has 2 aromatic carbocycles. The maximum atomic E-state index is 14.7. The van der Waals surface area contributed by atoms with Gasteiger partial charge in [-0.05, 0) is 158 Å². The van der Waals surface area contributed by atoms with Gasteiger partial charge in [-0.2, -0.15) is 0 Å². The van der Waals surface area contributed by atoms with Crippen LogP contribution in [0.1, 0.15) is 127 Å². The number of fused-ring (bicyclic) bond motifs is 7. The van der Waals surface area contributed by atoms with Crippen molar-refractivity contribution in [2.45, 2.75) is 125 Å². The second-order valence-electron chi connectivity index (χ2n) is 19.8. The Hall–Kier alpha value is -3.12. The Kier molecular flexibility index (Phi) is 9.77. The first-order valence-corrected chi connectivity index (χ1v) is 20.7.